The van der Waals surface area contributed by atoms with Crippen LogP contribution in [0.4, 0.5) is 11.8 Å². The van der Waals surface area contributed by atoms with Gasteiger partial charge in [-0.05, 0) is 6.07 Å². The molecule has 13 heteroatoms. The fraction of sp³-hybridized carbons (Fsp3) is 0.500. The maximum Gasteiger partial charge on any atom is 0.289 e. The summed E-state index contributed by atoms with van der Waals surface area (Å²) in [5.41, 5.74) is 0.672. The molecule has 3 heterocycles. The van der Waals surface area contributed by atoms with Crippen molar-refractivity contribution in [1.82, 2.24) is 30.0 Å². The Morgan fingerprint density at radius 2 is 1.91 bits per heavy atom. The van der Waals surface area contributed by atoms with E-state index < -0.39 is 0 Å². The third-order valence-electron chi connectivity index (χ3n) is 5.74. The van der Waals surface area contributed by atoms with Crippen LogP contribution in [0.5, 0.6) is 11.5 Å². The Morgan fingerprint density at radius 3 is 2.63 bits per heavy atom. The average Bonchev–Trinajstić information content (AvgIpc) is 3.29. The summed E-state index contributed by atoms with van der Waals surface area (Å²) in [6, 6.07) is 3.65. The van der Waals surface area contributed by atoms with Gasteiger partial charge in [0.05, 0.1) is 39.0 Å². The van der Waals surface area contributed by atoms with Crippen LogP contribution in [0.1, 0.15) is 16.4 Å². The first-order valence-electron chi connectivity index (χ1n) is 11.1. The van der Waals surface area contributed by atoms with Crippen molar-refractivity contribution >= 4 is 28.6 Å². The maximum absolute atomic E-state index is 12.0. The predicted octanol–water partition coefficient (Wildman–Crippen LogP) is 0.692. The van der Waals surface area contributed by atoms with E-state index in [1.54, 1.807) is 28.4 Å². The molecule has 0 spiro atoms. The van der Waals surface area contributed by atoms with Gasteiger partial charge in [0.1, 0.15) is 5.82 Å². The number of rotatable bonds is 11. The molecule has 1 aliphatic heterocycles. The molecule has 188 valence electrons. The number of nitrogens with one attached hydrogen (secondary N) is 2. The fourth-order valence-corrected chi connectivity index (χ4v) is 3.85. The Morgan fingerprint density at radius 1 is 1.14 bits per heavy atom. The van der Waals surface area contributed by atoms with Crippen LogP contribution in [0.15, 0.2) is 12.1 Å². The number of ether oxygens (including phenoxy) is 4. The number of carbonyl (C=O) groups excluding carboxylic acids is 1. The molecule has 2 N–H and O–H groups in total. The highest BCUT2D eigenvalue weighted by atomic mass is 16.5. The van der Waals surface area contributed by atoms with E-state index in [0.29, 0.717) is 73.2 Å². The van der Waals surface area contributed by atoms with Crippen molar-refractivity contribution in [3.05, 3.63) is 23.8 Å². The monoisotopic (exact) mass is 486 g/mol. The lowest BCUT2D eigenvalue weighted by molar-refractivity contribution is 0.0365. The van der Waals surface area contributed by atoms with Crippen molar-refractivity contribution in [3.8, 4) is 11.5 Å². The number of carbonyl (C=O) groups is 1. The topological polar surface area (TPSA) is 138 Å². The van der Waals surface area contributed by atoms with Crippen LogP contribution in [0, 0.1) is 0 Å². The van der Waals surface area contributed by atoms with Crippen LogP contribution in [0.3, 0.4) is 0 Å². The van der Waals surface area contributed by atoms with Crippen molar-refractivity contribution in [1.29, 1.82) is 0 Å². The summed E-state index contributed by atoms with van der Waals surface area (Å²) in [5.74, 6) is 2.94. The molecular formula is C22H30N8O5. The van der Waals surface area contributed by atoms with Gasteiger partial charge in [-0.3, -0.25) is 4.79 Å². The summed E-state index contributed by atoms with van der Waals surface area (Å²) in [5, 5.41) is 15.1. The van der Waals surface area contributed by atoms with E-state index in [-0.39, 0.29) is 12.0 Å². The molecule has 1 aromatic carbocycles. The first-order valence-corrected chi connectivity index (χ1v) is 11.1. The van der Waals surface area contributed by atoms with E-state index in [2.05, 4.69) is 20.8 Å². The minimum Gasteiger partial charge on any atom is -0.493 e. The molecule has 0 aliphatic carbocycles. The van der Waals surface area contributed by atoms with Crippen LogP contribution in [0.2, 0.25) is 0 Å². The lowest BCUT2D eigenvalue weighted by Crippen LogP contribution is -2.36. The molecule has 0 radical (unpaired) electrons. The predicted molar refractivity (Wildman–Crippen MR) is 128 cm³/mol. The van der Waals surface area contributed by atoms with Crippen LogP contribution in [-0.2, 0) is 22.6 Å². The molecule has 0 saturated carbocycles. The van der Waals surface area contributed by atoms with E-state index in [4.69, 9.17) is 28.9 Å². The number of aromatic nitrogens is 5. The van der Waals surface area contributed by atoms with Crippen molar-refractivity contribution in [3.63, 3.8) is 0 Å². The number of anilines is 2. The normalized spacial score (nSPS) is 13.8. The van der Waals surface area contributed by atoms with Crippen molar-refractivity contribution in [2.75, 3.05) is 65.4 Å². The van der Waals surface area contributed by atoms with Gasteiger partial charge in [-0.1, -0.05) is 0 Å². The SMILES string of the molecule is COC[C@@H](CNc1nc(N(C)Cc2nnc3n2CCNC3=O)nc2cc(OC)c(OC)cc12)OC. The van der Waals surface area contributed by atoms with Gasteiger partial charge in [0.25, 0.3) is 5.91 Å². The first kappa shape index (κ1) is 24.4. The van der Waals surface area contributed by atoms with Gasteiger partial charge in [0, 0.05) is 52.4 Å². The molecule has 0 saturated heterocycles. The maximum atomic E-state index is 12.0. The number of hydrogen-bond donors (Lipinski definition) is 2. The Bertz CT molecular complexity index is 1200. The number of fused-ring (bicyclic) bond motifs is 2. The van der Waals surface area contributed by atoms with Crippen LogP contribution < -0.4 is 25.0 Å². The average molecular weight is 487 g/mol. The number of nitrogens with zero attached hydrogens (tertiary/aromatic N) is 6. The molecule has 0 bridgehead atoms. The summed E-state index contributed by atoms with van der Waals surface area (Å²) >= 11 is 0. The molecule has 13 nitrogen and oxygen atoms in total. The fourth-order valence-electron chi connectivity index (χ4n) is 3.85. The molecule has 3 aromatic rings. The quantitative estimate of drug-likeness (QED) is 0.396. The number of benzene rings is 1. The zero-order valence-electron chi connectivity index (χ0n) is 20.5. The van der Waals surface area contributed by atoms with Crippen LogP contribution in [-0.4, -0.2) is 91.9 Å². The van der Waals surface area contributed by atoms with Crippen molar-refractivity contribution in [2.24, 2.45) is 0 Å². The lowest BCUT2D eigenvalue weighted by Gasteiger charge is -2.22. The van der Waals surface area contributed by atoms with Gasteiger partial charge >= 0.3 is 0 Å². The Kier molecular flexibility index (Phi) is 7.46. The van der Waals surface area contributed by atoms with Gasteiger partial charge in [-0.15, -0.1) is 10.2 Å². The van der Waals surface area contributed by atoms with Crippen LogP contribution in [0.25, 0.3) is 10.9 Å². The zero-order chi connectivity index (χ0) is 24.9. The second kappa shape index (κ2) is 10.7. The van der Waals surface area contributed by atoms with E-state index >= 15 is 0 Å². The summed E-state index contributed by atoms with van der Waals surface area (Å²) < 4.78 is 23.5. The van der Waals surface area contributed by atoms with Gasteiger partial charge in [-0.25, -0.2) is 4.98 Å². The summed E-state index contributed by atoms with van der Waals surface area (Å²) in [4.78, 5) is 23.4. The largest absolute Gasteiger partial charge is 0.493 e. The van der Waals surface area contributed by atoms with E-state index in [0.717, 1.165) is 5.39 Å². The molecule has 4 rings (SSSR count). The Hall–Kier alpha value is -3.71. The van der Waals surface area contributed by atoms with Crippen molar-refractivity contribution < 1.29 is 23.7 Å². The van der Waals surface area contributed by atoms with E-state index in [1.165, 1.54) is 0 Å². The van der Waals surface area contributed by atoms with Crippen LogP contribution >= 0.6 is 0 Å². The Labute approximate surface area is 202 Å². The molecule has 0 unspecified atom stereocenters. The third-order valence-corrected chi connectivity index (χ3v) is 5.74. The standard InChI is InChI=1S/C22H30N8O5/c1-29(11-18-27-28-20-21(31)23-6-7-30(18)20)22-25-15-9-17(35-5)16(34-4)8-14(15)19(26-22)24-10-13(33-3)12-32-2/h8-9,13H,6-7,10-12H2,1-5H3,(H,23,31)(H,24,25,26)/t13-/m1/s1. The molecule has 1 aliphatic rings. The second-order valence-electron chi connectivity index (χ2n) is 7.99. The van der Waals surface area contributed by atoms with Gasteiger partial charge in [-0.2, -0.15) is 4.98 Å². The molecule has 35 heavy (non-hydrogen) atoms. The van der Waals surface area contributed by atoms with Gasteiger partial charge in [0.2, 0.25) is 11.8 Å². The van der Waals surface area contributed by atoms with Gasteiger partial charge < -0.3 is 39.0 Å². The van der Waals surface area contributed by atoms with E-state index in [9.17, 15) is 4.79 Å². The minimum atomic E-state index is -0.226. The summed E-state index contributed by atoms with van der Waals surface area (Å²) in [7, 11) is 8.28. The second-order valence-corrected chi connectivity index (χ2v) is 7.99. The molecule has 1 amide bonds. The molecule has 2 aromatic heterocycles. The number of hydrogen-bond acceptors (Lipinski definition) is 11. The Balaban J connectivity index is 1.69. The summed E-state index contributed by atoms with van der Waals surface area (Å²) in [6.45, 7) is 2.41. The molecule has 1 atom stereocenters. The highest BCUT2D eigenvalue weighted by Gasteiger charge is 2.24. The van der Waals surface area contributed by atoms with E-state index in [1.807, 2.05) is 28.6 Å². The highest BCUT2D eigenvalue weighted by Crippen LogP contribution is 2.35. The lowest BCUT2D eigenvalue weighted by atomic mass is 10.2. The first-order chi connectivity index (χ1) is 17.0. The van der Waals surface area contributed by atoms with Crippen molar-refractivity contribution in [2.45, 2.75) is 19.2 Å². The number of amides is 1. The number of methoxy groups -OCH3 is 4. The zero-order valence-corrected chi connectivity index (χ0v) is 20.5. The molecular weight excluding hydrogens is 456 g/mol. The highest BCUT2D eigenvalue weighted by molar-refractivity contribution is 5.93. The minimum absolute atomic E-state index is 0.167. The smallest absolute Gasteiger partial charge is 0.289 e. The third kappa shape index (κ3) is 5.05. The summed E-state index contributed by atoms with van der Waals surface area (Å²) in [6.07, 6.45) is -0.167. The van der Waals surface area contributed by atoms with Gasteiger partial charge in [0.15, 0.2) is 17.3 Å². The molecule has 0 fully saturated rings.